The van der Waals surface area contributed by atoms with Crippen LogP contribution in [0.2, 0.25) is 5.02 Å². The molecule has 1 aliphatic heterocycles. The van der Waals surface area contributed by atoms with Crippen LogP contribution in [0.3, 0.4) is 0 Å². The smallest absolute Gasteiger partial charge is 0.263 e. The van der Waals surface area contributed by atoms with Crippen LogP contribution in [0.1, 0.15) is 25.1 Å². The van der Waals surface area contributed by atoms with E-state index in [1.807, 2.05) is 33.2 Å². The van der Waals surface area contributed by atoms with Crippen LogP contribution >= 0.6 is 11.6 Å². The highest BCUT2D eigenvalue weighted by Crippen LogP contribution is 2.27. The fourth-order valence-electron chi connectivity index (χ4n) is 4.02. The number of ether oxygens (including phenoxy) is 1. The van der Waals surface area contributed by atoms with Crippen LogP contribution in [0.15, 0.2) is 47.5 Å². The van der Waals surface area contributed by atoms with Gasteiger partial charge in [-0.25, -0.2) is 18.8 Å². The van der Waals surface area contributed by atoms with Gasteiger partial charge in [-0.05, 0) is 37.1 Å². The third kappa shape index (κ3) is 5.36. The summed E-state index contributed by atoms with van der Waals surface area (Å²) in [6, 6.07) is 8.05. The van der Waals surface area contributed by atoms with Crippen molar-refractivity contribution in [3.8, 4) is 11.4 Å². The van der Waals surface area contributed by atoms with Crippen molar-refractivity contribution < 1.29 is 9.13 Å². The van der Waals surface area contributed by atoms with Crippen LogP contribution in [-0.4, -0.2) is 50.5 Å². The van der Waals surface area contributed by atoms with Gasteiger partial charge in [-0.15, -0.1) is 0 Å². The van der Waals surface area contributed by atoms with Crippen molar-refractivity contribution in [1.29, 1.82) is 0 Å². The van der Waals surface area contributed by atoms with Crippen LogP contribution in [-0.2, 0) is 24.6 Å². The summed E-state index contributed by atoms with van der Waals surface area (Å²) >= 11 is 5.93. The number of rotatable bonds is 4. The predicted octanol–water partition coefficient (Wildman–Crippen LogP) is 3.93. The van der Waals surface area contributed by atoms with Gasteiger partial charge in [0, 0.05) is 49.2 Å². The fraction of sp³-hybridized carbons (Fsp3) is 0.360. The molecule has 0 atom stereocenters. The quantitative estimate of drug-likeness (QED) is 0.424. The fourth-order valence-corrected chi connectivity index (χ4v) is 4.18. The number of nitrogens with zero attached hydrogens (tertiary/aromatic N) is 6. The summed E-state index contributed by atoms with van der Waals surface area (Å²) in [4.78, 5) is 24.8. The first-order valence-electron chi connectivity index (χ1n) is 11.6. The van der Waals surface area contributed by atoms with Crippen molar-refractivity contribution in [3.05, 3.63) is 75.2 Å². The molecule has 1 aromatic carbocycles. The first-order valence-corrected chi connectivity index (χ1v) is 12.0. The molecule has 1 aliphatic rings. The molecule has 5 rings (SSSR count). The Balaban J connectivity index is 0.000000421. The number of benzene rings is 1. The molecule has 8 nitrogen and oxygen atoms in total. The van der Waals surface area contributed by atoms with E-state index in [4.69, 9.17) is 21.3 Å². The van der Waals surface area contributed by atoms with Crippen molar-refractivity contribution in [2.24, 2.45) is 7.05 Å². The molecule has 4 heterocycles. The zero-order valence-corrected chi connectivity index (χ0v) is 20.8. The minimum Gasteiger partial charge on any atom is -0.378 e. The molecule has 0 spiro atoms. The number of halogens is 2. The lowest BCUT2D eigenvalue weighted by molar-refractivity contribution is 0.122. The molecular weight excluding hydrogens is 471 g/mol. The SMILES string of the molecule is CCc1nc2cc(N3CCOCC3)nc(-c3ccc(Cl)cc3F)n2c(=O)c1CC.Cn1cccn1. The maximum atomic E-state index is 14.8. The Labute approximate surface area is 208 Å². The number of hydrogen-bond acceptors (Lipinski definition) is 6. The molecule has 0 unspecified atom stereocenters. The summed E-state index contributed by atoms with van der Waals surface area (Å²) in [6.45, 7) is 6.41. The monoisotopic (exact) mass is 498 g/mol. The van der Waals surface area contributed by atoms with E-state index in [0.717, 1.165) is 5.69 Å². The first-order chi connectivity index (χ1) is 16.9. The van der Waals surface area contributed by atoms with E-state index < -0.39 is 5.82 Å². The summed E-state index contributed by atoms with van der Waals surface area (Å²) in [6.07, 6.45) is 4.83. The molecular formula is C25H28ClFN6O2. The molecule has 3 aromatic heterocycles. The molecule has 0 saturated carbocycles. The van der Waals surface area contributed by atoms with Gasteiger partial charge in [-0.1, -0.05) is 25.4 Å². The maximum Gasteiger partial charge on any atom is 0.263 e. The van der Waals surface area contributed by atoms with E-state index in [-0.39, 0.29) is 22.0 Å². The standard InChI is InChI=1S/C21H22ClFN4O2.C4H6N2/c1-3-14-17(4-2)24-19-12-18(26-7-9-29-10-8-26)25-20(27(19)21(14)28)15-6-5-13(22)11-16(15)23;1-6-4-2-3-5-6/h5-6,11-12H,3-4,7-10H2,1-2H3;2-4H,1H3. The Bertz CT molecular complexity index is 1370. The minimum absolute atomic E-state index is 0.209. The van der Waals surface area contributed by atoms with Gasteiger partial charge in [-0.3, -0.25) is 9.48 Å². The summed E-state index contributed by atoms with van der Waals surface area (Å²) in [7, 11) is 1.89. The normalized spacial score (nSPS) is 13.6. The van der Waals surface area contributed by atoms with E-state index in [9.17, 15) is 9.18 Å². The van der Waals surface area contributed by atoms with Crippen molar-refractivity contribution >= 4 is 23.1 Å². The number of hydrogen-bond donors (Lipinski definition) is 0. The average Bonchev–Trinajstić information content (AvgIpc) is 3.35. The molecule has 4 aromatic rings. The average molecular weight is 499 g/mol. The number of aryl methyl sites for hydroxylation is 2. The van der Waals surface area contributed by atoms with Crippen molar-refractivity contribution in [2.75, 3.05) is 31.2 Å². The van der Waals surface area contributed by atoms with E-state index in [1.165, 1.54) is 10.5 Å². The Morgan fingerprint density at radius 2 is 1.89 bits per heavy atom. The van der Waals surface area contributed by atoms with Crippen molar-refractivity contribution in [2.45, 2.75) is 26.7 Å². The second-order valence-corrected chi connectivity index (χ2v) is 8.52. The zero-order valence-electron chi connectivity index (χ0n) is 20.0. The Morgan fingerprint density at radius 3 is 2.46 bits per heavy atom. The Kier molecular flexibility index (Phi) is 7.77. The summed E-state index contributed by atoms with van der Waals surface area (Å²) in [5.41, 5.74) is 1.86. The van der Waals surface area contributed by atoms with E-state index in [0.29, 0.717) is 56.2 Å². The van der Waals surface area contributed by atoms with Crippen LogP contribution in [0.5, 0.6) is 0 Å². The van der Waals surface area contributed by atoms with Gasteiger partial charge >= 0.3 is 0 Å². The van der Waals surface area contributed by atoms with Crippen LogP contribution in [0.25, 0.3) is 17.0 Å². The highest BCUT2D eigenvalue weighted by atomic mass is 35.5. The Hall–Kier alpha value is -3.30. The third-order valence-electron chi connectivity index (χ3n) is 5.81. The van der Waals surface area contributed by atoms with Gasteiger partial charge < -0.3 is 9.64 Å². The lowest BCUT2D eigenvalue weighted by atomic mass is 10.1. The molecule has 0 amide bonds. The van der Waals surface area contributed by atoms with Gasteiger partial charge in [0.1, 0.15) is 17.3 Å². The number of aromatic nitrogens is 5. The highest BCUT2D eigenvalue weighted by molar-refractivity contribution is 6.30. The van der Waals surface area contributed by atoms with Crippen molar-refractivity contribution in [1.82, 2.24) is 24.1 Å². The summed E-state index contributed by atoms with van der Waals surface area (Å²) in [5.74, 6) is 0.346. The minimum atomic E-state index is -0.532. The first kappa shape index (κ1) is 24.8. The van der Waals surface area contributed by atoms with Gasteiger partial charge in [0.05, 0.1) is 24.5 Å². The molecule has 184 valence electrons. The maximum absolute atomic E-state index is 14.8. The number of anilines is 1. The molecule has 0 bridgehead atoms. The molecule has 1 fully saturated rings. The second kappa shape index (κ2) is 11.0. The molecule has 1 saturated heterocycles. The van der Waals surface area contributed by atoms with Crippen LogP contribution in [0.4, 0.5) is 10.2 Å². The molecule has 0 aliphatic carbocycles. The lowest BCUT2D eigenvalue weighted by Crippen LogP contribution is -2.37. The van der Waals surface area contributed by atoms with Crippen molar-refractivity contribution in [3.63, 3.8) is 0 Å². The van der Waals surface area contributed by atoms with Crippen LogP contribution < -0.4 is 10.5 Å². The second-order valence-electron chi connectivity index (χ2n) is 8.08. The summed E-state index contributed by atoms with van der Waals surface area (Å²) in [5, 5.41) is 4.12. The largest absolute Gasteiger partial charge is 0.378 e. The molecule has 0 N–H and O–H groups in total. The van der Waals surface area contributed by atoms with Crippen LogP contribution in [0, 0.1) is 5.82 Å². The zero-order chi connectivity index (χ0) is 24.9. The van der Waals surface area contributed by atoms with Gasteiger partial charge in [0.15, 0.2) is 5.82 Å². The molecule has 0 radical (unpaired) electrons. The third-order valence-corrected chi connectivity index (χ3v) is 6.05. The van der Waals surface area contributed by atoms with E-state index >= 15 is 0 Å². The lowest BCUT2D eigenvalue weighted by Gasteiger charge is -2.28. The van der Waals surface area contributed by atoms with E-state index in [2.05, 4.69) is 15.0 Å². The molecule has 35 heavy (non-hydrogen) atoms. The van der Waals surface area contributed by atoms with Gasteiger partial charge in [0.2, 0.25) is 0 Å². The number of morpholine rings is 1. The predicted molar refractivity (Wildman–Crippen MR) is 135 cm³/mol. The van der Waals surface area contributed by atoms with E-state index in [1.54, 1.807) is 29.1 Å². The topological polar surface area (TPSA) is 77.5 Å². The number of fused-ring (bicyclic) bond motifs is 1. The molecule has 10 heteroatoms. The summed E-state index contributed by atoms with van der Waals surface area (Å²) < 4.78 is 23.4. The van der Waals surface area contributed by atoms with Gasteiger partial charge in [0.25, 0.3) is 5.56 Å². The Morgan fingerprint density at radius 1 is 1.11 bits per heavy atom. The van der Waals surface area contributed by atoms with Gasteiger partial charge in [-0.2, -0.15) is 5.10 Å². The highest BCUT2D eigenvalue weighted by Gasteiger charge is 2.21.